The summed E-state index contributed by atoms with van der Waals surface area (Å²) in [6.07, 6.45) is 2.52. The maximum atomic E-state index is 12.3. The summed E-state index contributed by atoms with van der Waals surface area (Å²) in [5.41, 5.74) is -0.229. The van der Waals surface area contributed by atoms with E-state index >= 15 is 0 Å². The summed E-state index contributed by atoms with van der Waals surface area (Å²) in [5.74, 6) is 0.378. The van der Waals surface area contributed by atoms with Gasteiger partial charge in [-0.25, -0.2) is 0 Å². The smallest absolute Gasteiger partial charge is 0.150 e. The topological polar surface area (TPSA) is 34.1 Å². The highest BCUT2D eigenvalue weighted by atomic mass is 16.2. The van der Waals surface area contributed by atoms with E-state index in [-0.39, 0.29) is 28.3 Å². The molecule has 2 fully saturated rings. The Balaban J connectivity index is 2.42. The first-order valence-electron chi connectivity index (χ1n) is 5.93. The van der Waals surface area contributed by atoms with Crippen LogP contribution in [0.3, 0.4) is 0 Å². The van der Waals surface area contributed by atoms with E-state index in [1.165, 1.54) is 0 Å². The number of rotatable bonds is 2. The van der Waals surface area contributed by atoms with Crippen LogP contribution in [0.25, 0.3) is 0 Å². The number of carbonyl (C=O) groups excluding carboxylic acids is 2. The van der Waals surface area contributed by atoms with Crippen molar-refractivity contribution in [3.63, 3.8) is 0 Å². The molecule has 2 nitrogen and oxygen atoms in total. The van der Waals surface area contributed by atoms with Gasteiger partial charge in [-0.1, -0.05) is 27.7 Å². The van der Waals surface area contributed by atoms with Gasteiger partial charge in [-0.2, -0.15) is 0 Å². The summed E-state index contributed by atoms with van der Waals surface area (Å²) >= 11 is 0. The molecule has 0 saturated heterocycles. The standard InChI is InChI=1S/C13H20O2/c1-5-9(14)10-8-6-7-13(4,11(10)15)12(8,2)3/h8,10H,5-7H2,1-4H3/t8-,10-,13-/m0/s1. The highest BCUT2D eigenvalue weighted by Crippen LogP contribution is 2.65. The van der Waals surface area contributed by atoms with Crippen molar-refractivity contribution in [3.8, 4) is 0 Å². The molecule has 2 heteroatoms. The number of hydrogen-bond donors (Lipinski definition) is 0. The SMILES string of the molecule is CCC(=O)[C@H]1C(=O)[C@]2(C)CC[C@@H]1C2(C)C. The van der Waals surface area contributed by atoms with Gasteiger partial charge in [0.1, 0.15) is 11.6 Å². The van der Waals surface area contributed by atoms with Crippen LogP contribution in [0.5, 0.6) is 0 Å². The van der Waals surface area contributed by atoms with Crippen molar-refractivity contribution in [1.82, 2.24) is 0 Å². The maximum absolute atomic E-state index is 12.3. The average molecular weight is 208 g/mol. The van der Waals surface area contributed by atoms with Crippen LogP contribution < -0.4 is 0 Å². The van der Waals surface area contributed by atoms with E-state index < -0.39 is 0 Å². The predicted octanol–water partition coefficient (Wildman–Crippen LogP) is 2.61. The second kappa shape index (κ2) is 2.93. The molecule has 84 valence electrons. The number of fused-ring (bicyclic) bond motifs is 2. The summed E-state index contributed by atoms with van der Waals surface area (Å²) in [5, 5.41) is 0. The Morgan fingerprint density at radius 3 is 2.40 bits per heavy atom. The van der Waals surface area contributed by atoms with Crippen molar-refractivity contribution in [2.75, 3.05) is 0 Å². The van der Waals surface area contributed by atoms with E-state index in [0.717, 1.165) is 12.8 Å². The Morgan fingerprint density at radius 2 is 2.00 bits per heavy atom. The van der Waals surface area contributed by atoms with Gasteiger partial charge in [0.15, 0.2) is 0 Å². The normalized spacial score (nSPS) is 42.3. The van der Waals surface area contributed by atoms with Gasteiger partial charge in [-0.15, -0.1) is 0 Å². The van der Waals surface area contributed by atoms with E-state index in [2.05, 4.69) is 20.8 Å². The van der Waals surface area contributed by atoms with Crippen molar-refractivity contribution < 1.29 is 9.59 Å². The molecule has 0 N–H and O–H groups in total. The molecule has 0 spiro atoms. The van der Waals surface area contributed by atoms with Gasteiger partial charge in [-0.3, -0.25) is 9.59 Å². The molecule has 0 aromatic heterocycles. The molecule has 3 atom stereocenters. The highest BCUT2D eigenvalue weighted by molar-refractivity contribution is 6.08. The van der Waals surface area contributed by atoms with E-state index in [4.69, 9.17) is 0 Å². The van der Waals surface area contributed by atoms with Gasteiger partial charge in [0.05, 0.1) is 5.92 Å². The Bertz CT molecular complexity index is 329. The third kappa shape index (κ3) is 1.05. The van der Waals surface area contributed by atoms with Crippen LogP contribution in [0.1, 0.15) is 47.0 Å². The van der Waals surface area contributed by atoms with Crippen molar-refractivity contribution in [2.24, 2.45) is 22.7 Å². The molecule has 2 saturated carbocycles. The highest BCUT2D eigenvalue weighted by Gasteiger charge is 2.67. The zero-order chi connectivity index (χ0) is 11.4. The van der Waals surface area contributed by atoms with Crippen LogP contribution >= 0.6 is 0 Å². The first-order chi connectivity index (χ1) is 6.86. The van der Waals surface area contributed by atoms with Crippen LogP contribution in [-0.2, 0) is 9.59 Å². The molecule has 0 aromatic rings. The lowest BCUT2D eigenvalue weighted by Gasteiger charge is -2.32. The quantitative estimate of drug-likeness (QED) is 0.654. The molecule has 0 aromatic carbocycles. The monoisotopic (exact) mass is 208 g/mol. The number of carbonyl (C=O) groups is 2. The van der Waals surface area contributed by atoms with Crippen molar-refractivity contribution in [1.29, 1.82) is 0 Å². The van der Waals surface area contributed by atoms with E-state index in [9.17, 15) is 9.59 Å². The third-order valence-electron chi connectivity index (χ3n) is 5.23. The van der Waals surface area contributed by atoms with Crippen LogP contribution in [0.15, 0.2) is 0 Å². The first kappa shape index (κ1) is 10.8. The second-order valence-corrected chi connectivity index (χ2v) is 5.86. The minimum atomic E-state index is -0.288. The molecule has 15 heavy (non-hydrogen) atoms. The lowest BCUT2D eigenvalue weighted by Crippen LogP contribution is -2.35. The van der Waals surface area contributed by atoms with E-state index in [1.54, 1.807) is 0 Å². The van der Waals surface area contributed by atoms with Gasteiger partial charge < -0.3 is 0 Å². The molecule has 2 rings (SSSR count). The fourth-order valence-corrected chi connectivity index (χ4v) is 3.68. The van der Waals surface area contributed by atoms with Crippen molar-refractivity contribution >= 4 is 11.6 Å². The van der Waals surface area contributed by atoms with Crippen LogP contribution in [-0.4, -0.2) is 11.6 Å². The molecule has 0 radical (unpaired) electrons. The first-order valence-corrected chi connectivity index (χ1v) is 5.93. The number of Topliss-reactive ketones (excluding diaryl/α,β-unsaturated/α-hetero) is 2. The Kier molecular flexibility index (Phi) is 2.12. The van der Waals surface area contributed by atoms with Gasteiger partial charge >= 0.3 is 0 Å². The Labute approximate surface area is 91.4 Å². The largest absolute Gasteiger partial charge is 0.299 e. The second-order valence-electron chi connectivity index (χ2n) is 5.86. The van der Waals surface area contributed by atoms with Gasteiger partial charge in [-0.05, 0) is 24.2 Å². The lowest BCUT2D eigenvalue weighted by molar-refractivity contribution is -0.137. The summed E-state index contributed by atoms with van der Waals surface area (Å²) < 4.78 is 0. The van der Waals surface area contributed by atoms with Crippen LogP contribution in [0.4, 0.5) is 0 Å². The lowest BCUT2D eigenvalue weighted by atomic mass is 9.70. The Morgan fingerprint density at radius 1 is 1.40 bits per heavy atom. The number of hydrogen-bond acceptors (Lipinski definition) is 2. The molecule has 2 aliphatic rings. The van der Waals surface area contributed by atoms with Crippen LogP contribution in [0, 0.1) is 22.7 Å². The summed E-state index contributed by atoms with van der Waals surface area (Å²) in [6, 6.07) is 0. The molecule has 0 aliphatic heterocycles. The molecular weight excluding hydrogens is 188 g/mol. The Hall–Kier alpha value is -0.660. The van der Waals surface area contributed by atoms with Gasteiger partial charge in [0, 0.05) is 11.8 Å². The predicted molar refractivity (Wildman–Crippen MR) is 58.4 cm³/mol. The third-order valence-corrected chi connectivity index (χ3v) is 5.23. The molecule has 2 aliphatic carbocycles. The minimum absolute atomic E-state index is 0.0135. The van der Waals surface area contributed by atoms with Gasteiger partial charge in [0.25, 0.3) is 0 Å². The minimum Gasteiger partial charge on any atom is -0.299 e. The summed E-state index contributed by atoms with van der Waals surface area (Å²) in [7, 11) is 0. The molecule has 2 bridgehead atoms. The maximum Gasteiger partial charge on any atom is 0.150 e. The summed E-state index contributed by atoms with van der Waals surface area (Å²) in [4.78, 5) is 24.1. The van der Waals surface area contributed by atoms with Crippen molar-refractivity contribution in [3.05, 3.63) is 0 Å². The molecule has 0 amide bonds. The van der Waals surface area contributed by atoms with E-state index in [1.807, 2.05) is 6.92 Å². The molecular formula is C13H20O2. The van der Waals surface area contributed by atoms with Crippen LogP contribution in [0.2, 0.25) is 0 Å². The molecule has 0 heterocycles. The average Bonchev–Trinajstić information content (AvgIpc) is 2.48. The fourth-order valence-electron chi connectivity index (χ4n) is 3.68. The number of ketones is 2. The van der Waals surface area contributed by atoms with E-state index in [0.29, 0.717) is 12.3 Å². The zero-order valence-corrected chi connectivity index (χ0v) is 10.1. The van der Waals surface area contributed by atoms with Gasteiger partial charge in [0.2, 0.25) is 0 Å². The molecule has 0 unspecified atom stereocenters. The fraction of sp³-hybridized carbons (Fsp3) is 0.846. The summed E-state index contributed by atoms with van der Waals surface area (Å²) in [6.45, 7) is 8.23. The van der Waals surface area contributed by atoms with Crippen molar-refractivity contribution in [2.45, 2.75) is 47.0 Å². The zero-order valence-electron chi connectivity index (χ0n) is 10.1.